The molecule has 0 unspecified atom stereocenters. The van der Waals surface area contributed by atoms with E-state index in [4.69, 9.17) is 4.74 Å². The fraction of sp³-hybridized carbons (Fsp3) is 0.143. The highest BCUT2D eigenvalue weighted by atomic mass is 19.4. The van der Waals surface area contributed by atoms with Gasteiger partial charge in [-0.3, -0.25) is 0 Å². The molecule has 0 amide bonds. The Kier molecular flexibility index (Phi) is 6.88. The van der Waals surface area contributed by atoms with E-state index in [2.05, 4.69) is 35.9 Å². The van der Waals surface area contributed by atoms with E-state index in [1.54, 1.807) is 19.4 Å². The molecule has 3 aromatic heterocycles. The molecule has 0 bridgehead atoms. The normalized spacial score (nSPS) is 11.3. The smallest absolute Gasteiger partial charge is 0.420 e. The highest BCUT2D eigenvalue weighted by molar-refractivity contribution is 6.03. The van der Waals surface area contributed by atoms with Crippen molar-refractivity contribution in [3.05, 3.63) is 84.4 Å². The molecule has 39 heavy (non-hydrogen) atoms. The maximum Gasteiger partial charge on any atom is 0.420 e. The second-order valence-corrected chi connectivity index (χ2v) is 8.61. The number of nitrogens with one attached hydrogen (secondary N) is 3. The third-order valence-corrected chi connectivity index (χ3v) is 6.17. The van der Waals surface area contributed by atoms with Gasteiger partial charge in [-0.1, -0.05) is 12.1 Å². The minimum atomic E-state index is -4.57. The molecule has 0 fully saturated rings. The molecule has 0 spiro atoms. The lowest BCUT2D eigenvalue weighted by atomic mass is 10.0. The number of aryl methyl sites for hydroxylation is 1. The second-order valence-electron chi connectivity index (χ2n) is 8.61. The summed E-state index contributed by atoms with van der Waals surface area (Å²) in [7, 11) is 2.99. The van der Waals surface area contributed by atoms with Crippen LogP contribution in [0.3, 0.4) is 0 Å². The summed E-state index contributed by atoms with van der Waals surface area (Å²) >= 11 is 0. The van der Waals surface area contributed by atoms with Crippen molar-refractivity contribution >= 4 is 39.6 Å². The van der Waals surface area contributed by atoms with Crippen molar-refractivity contribution in [1.82, 2.24) is 19.9 Å². The Morgan fingerprint density at radius 3 is 2.41 bits per heavy atom. The van der Waals surface area contributed by atoms with E-state index in [1.165, 1.54) is 25.6 Å². The summed E-state index contributed by atoms with van der Waals surface area (Å²) in [5.41, 5.74) is 2.55. The molecule has 5 rings (SSSR count). The zero-order chi connectivity index (χ0) is 27.6. The van der Waals surface area contributed by atoms with Crippen molar-refractivity contribution in [1.29, 1.82) is 0 Å². The van der Waals surface area contributed by atoms with Crippen LogP contribution < -0.4 is 20.7 Å². The molecule has 198 valence electrons. The van der Waals surface area contributed by atoms with Crippen LogP contribution in [0.15, 0.2) is 73.3 Å². The first-order chi connectivity index (χ1) is 18.8. The molecule has 0 aliphatic heterocycles. The molecule has 8 nitrogen and oxygen atoms in total. The molecule has 0 radical (unpaired) electrons. The van der Waals surface area contributed by atoms with E-state index in [9.17, 15) is 13.2 Å². The van der Waals surface area contributed by atoms with Crippen LogP contribution in [-0.2, 0) is 6.18 Å². The fourth-order valence-corrected chi connectivity index (χ4v) is 4.24. The van der Waals surface area contributed by atoms with E-state index in [0.29, 0.717) is 28.5 Å². The van der Waals surface area contributed by atoms with E-state index in [1.807, 2.05) is 43.3 Å². The quantitative estimate of drug-likeness (QED) is 0.208. The van der Waals surface area contributed by atoms with Crippen LogP contribution in [-0.4, -0.2) is 34.1 Å². The average Bonchev–Trinajstić information content (AvgIpc) is 2.94. The number of rotatable bonds is 7. The van der Waals surface area contributed by atoms with Gasteiger partial charge < -0.3 is 20.7 Å². The molecule has 11 heteroatoms. The molecule has 2 aromatic carbocycles. The molecule has 0 aliphatic rings. The molecule has 0 aliphatic carbocycles. The number of alkyl halides is 3. The van der Waals surface area contributed by atoms with Gasteiger partial charge in [0.05, 0.1) is 24.1 Å². The van der Waals surface area contributed by atoms with Crippen molar-refractivity contribution in [3.63, 3.8) is 0 Å². The predicted molar refractivity (Wildman–Crippen MR) is 146 cm³/mol. The third-order valence-electron chi connectivity index (χ3n) is 6.17. The van der Waals surface area contributed by atoms with Gasteiger partial charge in [0.25, 0.3) is 0 Å². The zero-order valence-corrected chi connectivity index (χ0v) is 21.3. The van der Waals surface area contributed by atoms with E-state index < -0.39 is 11.7 Å². The number of nitrogens with zero attached hydrogens (tertiary/aromatic N) is 4. The van der Waals surface area contributed by atoms with Gasteiger partial charge in [-0.05, 0) is 48.9 Å². The fourth-order valence-electron chi connectivity index (χ4n) is 4.24. The van der Waals surface area contributed by atoms with Gasteiger partial charge in [-0.25, -0.2) is 19.9 Å². The van der Waals surface area contributed by atoms with Crippen LogP contribution in [0.1, 0.15) is 11.1 Å². The molecular weight excluding hydrogens is 507 g/mol. The Labute approximate surface area is 222 Å². The maximum atomic E-state index is 13.6. The highest BCUT2D eigenvalue weighted by Crippen LogP contribution is 2.39. The van der Waals surface area contributed by atoms with Gasteiger partial charge in [-0.15, -0.1) is 0 Å². The number of fused-ring (bicyclic) bond motifs is 1. The van der Waals surface area contributed by atoms with Crippen molar-refractivity contribution in [3.8, 4) is 17.0 Å². The monoisotopic (exact) mass is 531 g/mol. The van der Waals surface area contributed by atoms with Crippen LogP contribution in [0, 0.1) is 6.92 Å². The van der Waals surface area contributed by atoms with E-state index in [-0.39, 0.29) is 11.4 Å². The Bertz CT molecular complexity index is 1660. The predicted octanol–water partition coefficient (Wildman–Crippen LogP) is 6.95. The number of pyridine rings is 2. The Morgan fingerprint density at radius 1 is 0.821 bits per heavy atom. The van der Waals surface area contributed by atoms with Crippen LogP contribution in [0.5, 0.6) is 5.75 Å². The molecule has 0 saturated heterocycles. The molecule has 3 N–H and O–H groups in total. The Balaban J connectivity index is 1.55. The van der Waals surface area contributed by atoms with Crippen LogP contribution in [0.25, 0.3) is 22.0 Å². The van der Waals surface area contributed by atoms with Crippen molar-refractivity contribution < 1.29 is 17.9 Å². The first-order valence-electron chi connectivity index (χ1n) is 11.9. The number of benzene rings is 2. The number of halogens is 3. The number of hydrogen-bond donors (Lipinski definition) is 3. The van der Waals surface area contributed by atoms with Crippen LogP contribution >= 0.6 is 0 Å². The molecule has 0 atom stereocenters. The topological polar surface area (TPSA) is 96.9 Å². The summed E-state index contributed by atoms with van der Waals surface area (Å²) < 4.78 is 45.6. The summed E-state index contributed by atoms with van der Waals surface area (Å²) in [6.45, 7) is 1.96. The Hall–Kier alpha value is -4.93. The first kappa shape index (κ1) is 25.7. The van der Waals surface area contributed by atoms with E-state index >= 15 is 0 Å². The third kappa shape index (κ3) is 5.24. The van der Waals surface area contributed by atoms with Gasteiger partial charge in [0.2, 0.25) is 0 Å². The van der Waals surface area contributed by atoms with Crippen LogP contribution in [0.2, 0.25) is 0 Å². The van der Waals surface area contributed by atoms with Crippen molar-refractivity contribution in [2.24, 2.45) is 0 Å². The standard InChI is InChI=1S/C28H24F3N7O/c1-16-6-8-19-18(10-12-34-26(19)37-17-7-9-23(39-3)21(13-17)28(29,30)31)25(16)38-27-20(5-4-11-33-27)22-14-24(32-2)36-15-35-22/h4-15H,1-3H3,(H,33,38)(H,34,37)(H,32,35,36). The summed E-state index contributed by atoms with van der Waals surface area (Å²) in [4.78, 5) is 17.5. The van der Waals surface area contributed by atoms with Gasteiger partial charge in [0.15, 0.2) is 0 Å². The number of anilines is 5. The summed E-state index contributed by atoms with van der Waals surface area (Å²) in [6, 6.07) is 15.0. The minimum Gasteiger partial charge on any atom is -0.496 e. The van der Waals surface area contributed by atoms with Gasteiger partial charge in [0.1, 0.15) is 29.5 Å². The van der Waals surface area contributed by atoms with Gasteiger partial charge in [-0.2, -0.15) is 13.2 Å². The highest BCUT2D eigenvalue weighted by Gasteiger charge is 2.34. The Morgan fingerprint density at radius 2 is 1.64 bits per heavy atom. The van der Waals surface area contributed by atoms with Crippen molar-refractivity contribution in [2.45, 2.75) is 13.1 Å². The number of methoxy groups -OCH3 is 1. The number of aromatic nitrogens is 4. The second kappa shape index (κ2) is 10.4. The lowest BCUT2D eigenvalue weighted by Crippen LogP contribution is -2.08. The molecule has 5 aromatic rings. The molecular formula is C28H24F3N7O. The summed E-state index contributed by atoms with van der Waals surface area (Å²) in [5.74, 6) is 1.41. The summed E-state index contributed by atoms with van der Waals surface area (Å²) in [5, 5.41) is 11.0. The van der Waals surface area contributed by atoms with Gasteiger partial charge in [0, 0.05) is 47.5 Å². The lowest BCUT2D eigenvalue weighted by molar-refractivity contribution is -0.138. The summed E-state index contributed by atoms with van der Waals surface area (Å²) in [6.07, 6.45) is 0.199. The maximum absolute atomic E-state index is 13.6. The van der Waals surface area contributed by atoms with Crippen LogP contribution in [0.4, 0.5) is 42.0 Å². The van der Waals surface area contributed by atoms with Gasteiger partial charge >= 0.3 is 6.18 Å². The molecule has 3 heterocycles. The zero-order valence-electron chi connectivity index (χ0n) is 21.3. The number of ether oxygens (including phenoxy) is 1. The SMILES string of the molecule is CNc1cc(-c2cccnc2Nc2c(C)ccc3c(Nc4ccc(OC)c(C(F)(F)F)c4)nccc23)ncn1. The minimum absolute atomic E-state index is 0.231. The number of hydrogen-bond acceptors (Lipinski definition) is 8. The van der Waals surface area contributed by atoms with E-state index in [0.717, 1.165) is 28.3 Å². The average molecular weight is 532 g/mol. The largest absolute Gasteiger partial charge is 0.496 e. The lowest BCUT2D eigenvalue weighted by Gasteiger charge is -2.17. The molecule has 0 saturated carbocycles. The van der Waals surface area contributed by atoms with Crippen molar-refractivity contribution in [2.75, 3.05) is 30.1 Å². The first-order valence-corrected chi connectivity index (χ1v) is 11.9.